The van der Waals surface area contributed by atoms with Gasteiger partial charge in [0, 0.05) is 23.4 Å². The van der Waals surface area contributed by atoms with Crippen molar-refractivity contribution in [2.45, 2.75) is 93.4 Å². The molecule has 1 N–H and O–H groups in total. The number of carbonyl (C=O) groups excluding carboxylic acids is 2. The zero-order chi connectivity index (χ0) is 26.5. The van der Waals surface area contributed by atoms with Crippen molar-refractivity contribution >= 4 is 11.6 Å². The first-order valence-corrected chi connectivity index (χ1v) is 14.3. The molecule has 196 valence electrons. The maximum atomic E-state index is 14.4. The fraction of sp³-hybridized carbons (Fsp3) is 0.781. The van der Waals surface area contributed by atoms with E-state index in [2.05, 4.69) is 40.7 Å². The number of aliphatic hydroxyl groups is 1. The van der Waals surface area contributed by atoms with E-state index in [0.717, 1.165) is 44.1 Å². The molecular weight excluding hydrogens is 446 g/mol. The highest BCUT2D eigenvalue weighted by molar-refractivity contribution is 6.04. The minimum Gasteiger partial charge on any atom is -0.396 e. The monoisotopic (exact) mass is 491 g/mol. The summed E-state index contributed by atoms with van der Waals surface area (Å²) in [6.07, 6.45) is 11.0. The molecule has 0 aliphatic heterocycles. The average molecular weight is 492 g/mol. The Bertz CT molecular complexity index is 1110. The van der Waals surface area contributed by atoms with Gasteiger partial charge in [0.2, 0.25) is 0 Å². The van der Waals surface area contributed by atoms with Gasteiger partial charge in [-0.3, -0.25) is 9.59 Å². The molecule has 5 aliphatic rings. The van der Waals surface area contributed by atoms with E-state index < -0.39 is 10.8 Å². The van der Waals surface area contributed by atoms with E-state index >= 15 is 0 Å². The SMILES string of the molecule is C[C@@H]1[C@H]2[C@H]3C(=O)C=C4[C@@]5(C)C=C(C#N)C(=O)C(C)(C)[C@@H]5CC[C@@]4(C)[C@]3(C)CC[C@@]2(CCO)CC[C@H]1C. The first kappa shape index (κ1) is 25.9. The van der Waals surface area contributed by atoms with Crippen molar-refractivity contribution in [1.82, 2.24) is 0 Å². The van der Waals surface area contributed by atoms with Crippen LogP contribution in [0.5, 0.6) is 0 Å². The lowest BCUT2D eigenvalue weighted by molar-refractivity contribution is -0.179. The minimum absolute atomic E-state index is 0.0397. The number of carbonyl (C=O) groups is 2. The molecule has 36 heavy (non-hydrogen) atoms. The number of ketones is 2. The molecule has 0 unspecified atom stereocenters. The van der Waals surface area contributed by atoms with E-state index in [1.165, 1.54) is 6.42 Å². The Morgan fingerprint density at radius 2 is 1.72 bits per heavy atom. The van der Waals surface area contributed by atoms with Gasteiger partial charge in [0.1, 0.15) is 6.07 Å². The van der Waals surface area contributed by atoms with Gasteiger partial charge in [0.05, 0.1) is 5.57 Å². The third-order valence-corrected chi connectivity index (χ3v) is 13.0. The lowest BCUT2D eigenvalue weighted by Gasteiger charge is -2.69. The van der Waals surface area contributed by atoms with Crippen LogP contribution in [-0.2, 0) is 9.59 Å². The number of Topliss-reactive ketones (excluding diaryl/α,β-unsaturated/α-hetero) is 1. The molecular formula is C32H45NO3. The number of rotatable bonds is 2. The van der Waals surface area contributed by atoms with Crippen LogP contribution in [0.3, 0.4) is 0 Å². The summed E-state index contributed by atoms with van der Waals surface area (Å²) >= 11 is 0. The fourth-order valence-corrected chi connectivity index (χ4v) is 10.6. The zero-order valence-corrected chi connectivity index (χ0v) is 23.4. The van der Waals surface area contributed by atoms with Crippen LogP contribution in [0.2, 0.25) is 0 Å². The molecule has 0 aromatic rings. The summed E-state index contributed by atoms with van der Waals surface area (Å²) in [4.78, 5) is 27.6. The highest BCUT2D eigenvalue weighted by Crippen LogP contribution is 2.74. The highest BCUT2D eigenvalue weighted by Gasteiger charge is 2.69. The molecule has 0 amide bonds. The second-order valence-electron chi connectivity index (χ2n) is 14.5. The summed E-state index contributed by atoms with van der Waals surface area (Å²) in [5.74, 6) is 1.54. The smallest absolute Gasteiger partial charge is 0.178 e. The molecule has 4 nitrogen and oxygen atoms in total. The normalized spacial score (nSPS) is 49.5. The van der Waals surface area contributed by atoms with Gasteiger partial charge in [-0.1, -0.05) is 60.1 Å². The Balaban J connectivity index is 1.70. The summed E-state index contributed by atoms with van der Waals surface area (Å²) in [6, 6.07) is 2.20. The van der Waals surface area contributed by atoms with Gasteiger partial charge in [-0.05, 0) is 90.9 Å². The van der Waals surface area contributed by atoms with Gasteiger partial charge in [-0.2, -0.15) is 5.26 Å². The average Bonchev–Trinajstić information content (AvgIpc) is 2.81. The molecule has 0 heterocycles. The molecule has 0 aromatic carbocycles. The molecule has 3 saturated carbocycles. The van der Waals surface area contributed by atoms with Crippen LogP contribution >= 0.6 is 0 Å². The molecule has 9 atom stereocenters. The predicted octanol–water partition coefficient (Wildman–Crippen LogP) is 6.44. The van der Waals surface area contributed by atoms with Crippen LogP contribution in [0, 0.1) is 68.0 Å². The van der Waals surface area contributed by atoms with Crippen molar-refractivity contribution in [2.24, 2.45) is 56.7 Å². The first-order valence-electron chi connectivity index (χ1n) is 14.3. The topological polar surface area (TPSA) is 78.2 Å². The van der Waals surface area contributed by atoms with Crippen LogP contribution in [0.15, 0.2) is 23.3 Å². The summed E-state index contributed by atoms with van der Waals surface area (Å²) in [7, 11) is 0. The Morgan fingerprint density at radius 3 is 2.36 bits per heavy atom. The van der Waals surface area contributed by atoms with Gasteiger partial charge in [0.25, 0.3) is 0 Å². The number of nitrogens with zero attached hydrogens (tertiary/aromatic N) is 1. The molecule has 0 aromatic heterocycles. The molecule has 3 fully saturated rings. The van der Waals surface area contributed by atoms with Crippen LogP contribution in [-0.4, -0.2) is 23.3 Å². The predicted molar refractivity (Wildman–Crippen MR) is 141 cm³/mol. The molecule has 0 radical (unpaired) electrons. The van der Waals surface area contributed by atoms with Crippen LogP contribution in [0.1, 0.15) is 93.4 Å². The summed E-state index contributed by atoms with van der Waals surface area (Å²) < 4.78 is 0. The zero-order valence-electron chi connectivity index (χ0n) is 23.4. The van der Waals surface area contributed by atoms with E-state index in [0.29, 0.717) is 11.8 Å². The quantitative estimate of drug-likeness (QED) is 0.482. The van der Waals surface area contributed by atoms with Gasteiger partial charge in [0.15, 0.2) is 11.6 Å². The van der Waals surface area contributed by atoms with E-state index in [1.807, 2.05) is 26.0 Å². The third-order valence-electron chi connectivity index (χ3n) is 13.0. The van der Waals surface area contributed by atoms with Crippen molar-refractivity contribution in [3.8, 4) is 6.07 Å². The van der Waals surface area contributed by atoms with Crippen molar-refractivity contribution in [1.29, 1.82) is 5.26 Å². The van der Waals surface area contributed by atoms with Crippen LogP contribution in [0.25, 0.3) is 0 Å². The van der Waals surface area contributed by atoms with E-state index in [4.69, 9.17) is 0 Å². The third kappa shape index (κ3) is 2.96. The Morgan fingerprint density at radius 1 is 1.03 bits per heavy atom. The lowest BCUT2D eigenvalue weighted by Crippen LogP contribution is -2.65. The Hall–Kier alpha value is -1.73. The van der Waals surface area contributed by atoms with Gasteiger partial charge >= 0.3 is 0 Å². The number of hydrogen-bond donors (Lipinski definition) is 1. The molecule has 0 saturated heterocycles. The van der Waals surface area contributed by atoms with E-state index in [1.54, 1.807) is 0 Å². The largest absolute Gasteiger partial charge is 0.396 e. The standard InChI is InChI=1S/C32H45NO3/c1-19-8-11-32(14-15-34)13-12-31(7)26(25(32)20(19)2)22(35)16-24-29(5)17-21(18-33)27(36)28(3,4)23(29)9-10-30(24,31)6/h16-17,19-20,23,25-26,34H,8-15H2,1-7H3/t19-,20+,23+,25+,26-,29+,30-,31-,32-/m1/s1. The number of nitriles is 1. The number of hydrogen-bond acceptors (Lipinski definition) is 4. The van der Waals surface area contributed by atoms with Gasteiger partial charge in [-0.15, -0.1) is 0 Å². The van der Waals surface area contributed by atoms with Gasteiger partial charge in [-0.25, -0.2) is 0 Å². The van der Waals surface area contributed by atoms with Crippen molar-refractivity contribution in [3.63, 3.8) is 0 Å². The molecule has 4 heteroatoms. The first-order chi connectivity index (χ1) is 16.7. The van der Waals surface area contributed by atoms with Gasteiger partial charge < -0.3 is 5.11 Å². The second-order valence-corrected chi connectivity index (χ2v) is 14.5. The number of fused-ring (bicyclic) bond motifs is 7. The number of allylic oxidation sites excluding steroid dienone is 4. The summed E-state index contributed by atoms with van der Waals surface area (Å²) in [6.45, 7) is 15.8. The fourth-order valence-electron chi connectivity index (χ4n) is 10.6. The molecule has 0 spiro atoms. The highest BCUT2D eigenvalue weighted by atomic mass is 16.3. The number of aliphatic hydroxyl groups excluding tert-OH is 1. The van der Waals surface area contributed by atoms with Crippen molar-refractivity contribution < 1.29 is 14.7 Å². The van der Waals surface area contributed by atoms with Crippen LogP contribution < -0.4 is 0 Å². The molecule has 0 bridgehead atoms. The van der Waals surface area contributed by atoms with E-state index in [-0.39, 0.29) is 57.7 Å². The summed E-state index contributed by atoms with van der Waals surface area (Å²) in [5.41, 5.74) is 0.00635. The molecule has 5 rings (SSSR count). The summed E-state index contributed by atoms with van der Waals surface area (Å²) in [5, 5.41) is 20.0. The Labute approximate surface area is 217 Å². The maximum Gasteiger partial charge on any atom is 0.178 e. The van der Waals surface area contributed by atoms with Crippen LogP contribution in [0.4, 0.5) is 0 Å². The van der Waals surface area contributed by atoms with E-state index in [9.17, 15) is 20.0 Å². The lowest BCUT2D eigenvalue weighted by atomic mass is 9.33. The molecule has 5 aliphatic carbocycles. The second kappa shape index (κ2) is 7.89. The maximum absolute atomic E-state index is 14.4. The minimum atomic E-state index is -0.631. The Kier molecular flexibility index (Phi) is 5.68. The van der Waals surface area contributed by atoms with Crippen molar-refractivity contribution in [2.75, 3.05) is 6.61 Å². The van der Waals surface area contributed by atoms with Crippen molar-refractivity contribution in [3.05, 3.63) is 23.3 Å².